The van der Waals surface area contributed by atoms with Crippen LogP contribution in [0, 0.1) is 17.1 Å². The van der Waals surface area contributed by atoms with Gasteiger partial charge in [-0.1, -0.05) is 6.08 Å². The molecule has 1 unspecified atom stereocenters. The van der Waals surface area contributed by atoms with Crippen LogP contribution in [0.4, 0.5) is 22.0 Å². The summed E-state index contributed by atoms with van der Waals surface area (Å²) in [5.41, 5.74) is -5.09. The maximum Gasteiger partial charge on any atom is 0.346 e. The Morgan fingerprint density at radius 2 is 1.89 bits per heavy atom. The molecule has 0 amide bonds. The van der Waals surface area contributed by atoms with Crippen molar-refractivity contribution in [2.45, 2.75) is 23.9 Å². The van der Waals surface area contributed by atoms with E-state index in [0.29, 0.717) is 0 Å². The first-order valence-corrected chi connectivity index (χ1v) is 8.60. The minimum atomic E-state index is -4.80. The number of ether oxygens (including phenoxy) is 1. The molecule has 2 aromatic rings. The van der Waals surface area contributed by atoms with Crippen molar-refractivity contribution < 1.29 is 31.8 Å². The van der Waals surface area contributed by atoms with Crippen LogP contribution in [0.25, 0.3) is 0 Å². The zero-order chi connectivity index (χ0) is 20.9. The largest absolute Gasteiger partial charge is 0.456 e. The van der Waals surface area contributed by atoms with Crippen molar-refractivity contribution in [3.63, 3.8) is 0 Å². The first-order valence-electron chi connectivity index (χ1n) is 7.80. The Hall–Kier alpha value is -2.44. The van der Waals surface area contributed by atoms with E-state index >= 15 is 0 Å². The van der Waals surface area contributed by atoms with Gasteiger partial charge in [0.1, 0.15) is 17.3 Å². The molecular formula is C19H11BrF5NO2. The van der Waals surface area contributed by atoms with Crippen LogP contribution in [0.3, 0.4) is 0 Å². The lowest BCUT2D eigenvalue weighted by molar-refractivity contribution is -0.285. The van der Waals surface area contributed by atoms with Gasteiger partial charge in [-0.15, -0.1) is 6.58 Å². The summed E-state index contributed by atoms with van der Waals surface area (Å²) in [5.74, 6) is -10.6. The van der Waals surface area contributed by atoms with E-state index in [0.717, 1.165) is 30.3 Å². The predicted octanol–water partition coefficient (Wildman–Crippen LogP) is 5.76. The monoisotopic (exact) mass is 459 g/mol. The van der Waals surface area contributed by atoms with Gasteiger partial charge in [-0.05, 0) is 40.2 Å². The van der Waals surface area contributed by atoms with Crippen molar-refractivity contribution in [1.82, 2.24) is 0 Å². The van der Waals surface area contributed by atoms with Crippen LogP contribution in [0.15, 0.2) is 47.5 Å². The fraction of sp³-hybridized carbons (Fsp3) is 0.211. The van der Waals surface area contributed by atoms with E-state index in [1.165, 1.54) is 6.07 Å². The topological polar surface area (TPSA) is 53.2 Å². The summed E-state index contributed by atoms with van der Waals surface area (Å²) in [6, 6.07) is 6.49. The van der Waals surface area contributed by atoms with Crippen molar-refractivity contribution in [3.8, 4) is 17.6 Å². The smallest absolute Gasteiger partial charge is 0.346 e. The number of halogens is 6. The second-order valence-electron chi connectivity index (χ2n) is 6.19. The van der Waals surface area contributed by atoms with Crippen LogP contribution in [0.2, 0.25) is 0 Å². The van der Waals surface area contributed by atoms with Gasteiger partial charge in [0.15, 0.2) is 5.60 Å². The highest BCUT2D eigenvalue weighted by molar-refractivity contribution is 9.10. The van der Waals surface area contributed by atoms with Crippen molar-refractivity contribution in [3.05, 3.63) is 70.0 Å². The molecule has 9 heteroatoms. The molecule has 0 radical (unpaired) electrons. The Bertz CT molecular complexity index is 1020. The summed E-state index contributed by atoms with van der Waals surface area (Å²) in [5, 5.41) is 19.4. The first kappa shape index (κ1) is 20.3. The molecule has 0 heterocycles. The second kappa shape index (κ2) is 6.57. The highest BCUT2D eigenvalue weighted by Crippen LogP contribution is 2.64. The lowest BCUT2D eigenvalue weighted by atomic mass is 9.89. The van der Waals surface area contributed by atoms with Crippen molar-refractivity contribution in [2.24, 2.45) is 0 Å². The van der Waals surface area contributed by atoms with Gasteiger partial charge < -0.3 is 9.84 Å². The molecule has 1 atom stereocenters. The number of rotatable bonds is 4. The summed E-state index contributed by atoms with van der Waals surface area (Å²) < 4.78 is 76.2. The molecule has 3 nitrogen and oxygen atoms in total. The summed E-state index contributed by atoms with van der Waals surface area (Å²) in [7, 11) is 0. The normalized spacial score (nSPS) is 21.6. The molecule has 1 N–H and O–H groups in total. The molecule has 3 rings (SSSR count). The fourth-order valence-corrected chi connectivity index (χ4v) is 3.89. The second-order valence-corrected chi connectivity index (χ2v) is 6.98. The van der Waals surface area contributed by atoms with Crippen LogP contribution in [-0.2, 0) is 11.5 Å². The van der Waals surface area contributed by atoms with Gasteiger partial charge in [0.05, 0.1) is 16.1 Å². The van der Waals surface area contributed by atoms with Crippen LogP contribution in [0.1, 0.15) is 23.1 Å². The van der Waals surface area contributed by atoms with E-state index in [9.17, 15) is 27.1 Å². The van der Waals surface area contributed by atoms with Crippen molar-refractivity contribution in [1.29, 1.82) is 5.26 Å². The third-order valence-corrected chi connectivity index (χ3v) is 5.23. The molecule has 0 aromatic heterocycles. The van der Waals surface area contributed by atoms with Gasteiger partial charge in [0, 0.05) is 23.6 Å². The van der Waals surface area contributed by atoms with E-state index in [1.54, 1.807) is 6.07 Å². The number of hydrogen-bond acceptors (Lipinski definition) is 3. The summed E-state index contributed by atoms with van der Waals surface area (Å²) in [4.78, 5) is 0. The molecule has 0 aliphatic heterocycles. The molecular weight excluding hydrogens is 449 g/mol. The Balaban J connectivity index is 2.17. The van der Waals surface area contributed by atoms with Crippen molar-refractivity contribution >= 4 is 15.9 Å². The highest BCUT2D eigenvalue weighted by atomic mass is 79.9. The zero-order valence-electron chi connectivity index (χ0n) is 13.9. The Morgan fingerprint density at radius 1 is 1.21 bits per heavy atom. The molecule has 2 aromatic carbocycles. The molecule has 0 saturated heterocycles. The lowest BCUT2D eigenvalue weighted by Gasteiger charge is -2.32. The molecule has 1 aliphatic carbocycles. The van der Waals surface area contributed by atoms with E-state index < -0.39 is 40.8 Å². The van der Waals surface area contributed by atoms with Crippen LogP contribution in [-0.4, -0.2) is 11.0 Å². The van der Waals surface area contributed by atoms with Crippen LogP contribution in [0.5, 0.6) is 11.5 Å². The minimum absolute atomic E-state index is 0.0616. The predicted molar refractivity (Wildman–Crippen MR) is 92.9 cm³/mol. The SMILES string of the molecule is C=CCC1(O)c2c(ccc(Oc3cc(F)cc(C#N)c3)c2Br)C(F)(F)C1(F)F. The van der Waals surface area contributed by atoms with Gasteiger partial charge in [0.2, 0.25) is 0 Å². The van der Waals surface area contributed by atoms with E-state index in [1.807, 2.05) is 0 Å². The average Bonchev–Trinajstić information content (AvgIpc) is 2.73. The summed E-state index contributed by atoms with van der Waals surface area (Å²) in [6.07, 6.45) is 0.0635. The third-order valence-electron chi connectivity index (χ3n) is 4.44. The van der Waals surface area contributed by atoms with E-state index in [2.05, 4.69) is 22.5 Å². The average molecular weight is 460 g/mol. The van der Waals surface area contributed by atoms with Gasteiger partial charge in [-0.2, -0.15) is 22.8 Å². The number of aliphatic hydroxyl groups is 1. The lowest BCUT2D eigenvalue weighted by Crippen LogP contribution is -2.48. The standard InChI is InChI=1S/C19H11BrF5NO2/c1-2-5-17(27)15-13(18(22,23)19(17,24)25)3-4-14(16(15)20)28-12-7-10(9-26)6-11(21)8-12/h2-4,6-8,27H,1,5H2. The van der Waals surface area contributed by atoms with Crippen LogP contribution >= 0.6 is 15.9 Å². The number of nitriles is 1. The fourth-order valence-electron chi connectivity index (χ4n) is 3.14. The maximum absolute atomic E-state index is 14.4. The molecule has 0 fully saturated rings. The molecule has 0 spiro atoms. The number of nitrogens with zero attached hydrogens (tertiary/aromatic N) is 1. The zero-order valence-corrected chi connectivity index (χ0v) is 15.5. The van der Waals surface area contributed by atoms with E-state index in [-0.39, 0.29) is 21.5 Å². The van der Waals surface area contributed by atoms with Crippen LogP contribution < -0.4 is 4.74 Å². The molecule has 146 valence electrons. The summed E-state index contributed by atoms with van der Waals surface area (Å²) >= 11 is 2.95. The molecule has 0 bridgehead atoms. The molecule has 1 aliphatic rings. The van der Waals surface area contributed by atoms with Gasteiger partial charge in [-0.3, -0.25) is 0 Å². The van der Waals surface area contributed by atoms with E-state index in [4.69, 9.17) is 10.00 Å². The van der Waals surface area contributed by atoms with Gasteiger partial charge in [-0.25, -0.2) is 4.39 Å². The number of benzene rings is 2. The maximum atomic E-state index is 14.4. The number of fused-ring (bicyclic) bond motifs is 1. The minimum Gasteiger partial charge on any atom is -0.456 e. The first-order chi connectivity index (χ1) is 13.0. The van der Waals surface area contributed by atoms with Gasteiger partial charge in [0.25, 0.3) is 0 Å². The third kappa shape index (κ3) is 2.71. The summed E-state index contributed by atoms with van der Waals surface area (Å²) in [6.45, 7) is 3.25. The Kier molecular flexibility index (Phi) is 4.76. The van der Waals surface area contributed by atoms with Crippen molar-refractivity contribution in [2.75, 3.05) is 0 Å². The Labute approximate surface area is 164 Å². The Morgan fingerprint density at radius 3 is 2.50 bits per heavy atom. The molecule has 0 saturated carbocycles. The molecule has 28 heavy (non-hydrogen) atoms. The number of alkyl halides is 4. The highest BCUT2D eigenvalue weighted by Gasteiger charge is 2.76. The number of hydrogen-bond donors (Lipinski definition) is 1. The van der Waals surface area contributed by atoms with Gasteiger partial charge >= 0.3 is 11.8 Å². The quantitative estimate of drug-likeness (QED) is 0.467.